The van der Waals surface area contributed by atoms with Crippen LogP contribution >= 0.6 is 15.9 Å². The number of ether oxygens (including phenoxy) is 1. The lowest BCUT2D eigenvalue weighted by Gasteiger charge is -2.29. The van der Waals surface area contributed by atoms with Crippen molar-refractivity contribution < 1.29 is 13.9 Å². The first-order chi connectivity index (χ1) is 8.74. The molecule has 0 heterocycles. The molecule has 0 aromatic heterocycles. The average molecular weight is 331 g/mol. The third-order valence-electron chi connectivity index (χ3n) is 2.71. The molecular formula is C15H20BrFO2. The minimum Gasteiger partial charge on any atom is -0.370 e. The molecule has 19 heavy (non-hydrogen) atoms. The van der Waals surface area contributed by atoms with Gasteiger partial charge in [0.2, 0.25) is 0 Å². The van der Waals surface area contributed by atoms with E-state index in [1.165, 1.54) is 12.1 Å². The van der Waals surface area contributed by atoms with Crippen LogP contribution in [0.2, 0.25) is 0 Å². The van der Waals surface area contributed by atoms with Gasteiger partial charge in [-0.2, -0.15) is 0 Å². The first kappa shape index (κ1) is 16.3. The molecule has 106 valence electrons. The summed E-state index contributed by atoms with van der Waals surface area (Å²) in [6.45, 7) is 8.25. The number of carbonyl (C=O) groups is 1. The molecule has 0 bridgehead atoms. The van der Waals surface area contributed by atoms with Crippen molar-refractivity contribution in [3.05, 3.63) is 34.1 Å². The van der Waals surface area contributed by atoms with E-state index in [0.717, 1.165) is 0 Å². The van der Waals surface area contributed by atoms with E-state index in [0.29, 0.717) is 16.6 Å². The zero-order chi connectivity index (χ0) is 14.6. The van der Waals surface area contributed by atoms with Gasteiger partial charge in [-0.1, -0.05) is 36.7 Å². The summed E-state index contributed by atoms with van der Waals surface area (Å²) in [5, 5.41) is 0. The van der Waals surface area contributed by atoms with E-state index in [2.05, 4.69) is 15.9 Å². The highest BCUT2D eigenvalue weighted by Crippen LogP contribution is 2.25. The quantitative estimate of drug-likeness (QED) is 0.810. The molecule has 0 radical (unpaired) electrons. The van der Waals surface area contributed by atoms with Crippen LogP contribution in [-0.2, 0) is 16.0 Å². The number of ketones is 1. The lowest BCUT2D eigenvalue weighted by molar-refractivity contribution is -0.136. The Bertz CT molecular complexity index is 432. The Hall–Kier alpha value is -0.740. The van der Waals surface area contributed by atoms with Crippen LogP contribution in [0, 0.1) is 11.2 Å². The van der Waals surface area contributed by atoms with Crippen molar-refractivity contribution in [3.63, 3.8) is 0 Å². The van der Waals surface area contributed by atoms with Crippen LogP contribution in [0.25, 0.3) is 0 Å². The van der Waals surface area contributed by atoms with Gasteiger partial charge in [-0.25, -0.2) is 4.39 Å². The summed E-state index contributed by atoms with van der Waals surface area (Å²) in [4.78, 5) is 12.3. The molecule has 0 aliphatic carbocycles. The second kappa shape index (κ2) is 6.62. The van der Waals surface area contributed by atoms with Crippen LogP contribution in [0.4, 0.5) is 4.39 Å². The number of hydrogen-bond donors (Lipinski definition) is 0. The molecule has 0 fully saturated rings. The zero-order valence-electron chi connectivity index (χ0n) is 11.8. The van der Waals surface area contributed by atoms with Gasteiger partial charge >= 0.3 is 0 Å². The summed E-state index contributed by atoms with van der Waals surface area (Å²) in [7, 11) is 0. The fourth-order valence-electron chi connectivity index (χ4n) is 2.00. The summed E-state index contributed by atoms with van der Waals surface area (Å²) < 4.78 is 19.5. The van der Waals surface area contributed by atoms with Crippen molar-refractivity contribution in [2.75, 3.05) is 6.61 Å². The average Bonchev–Trinajstić information content (AvgIpc) is 2.22. The van der Waals surface area contributed by atoms with E-state index in [9.17, 15) is 9.18 Å². The van der Waals surface area contributed by atoms with Crippen LogP contribution in [0.15, 0.2) is 22.7 Å². The number of Topliss-reactive ketones (excluding diaryl/α,β-unsaturated/α-hetero) is 1. The molecule has 1 aromatic carbocycles. The monoisotopic (exact) mass is 330 g/mol. The van der Waals surface area contributed by atoms with Gasteiger partial charge in [0, 0.05) is 17.5 Å². The molecule has 0 saturated carbocycles. The van der Waals surface area contributed by atoms with E-state index >= 15 is 0 Å². The Morgan fingerprint density at radius 3 is 2.47 bits per heavy atom. The molecule has 1 rings (SSSR count). The minimum absolute atomic E-state index is 0.0214. The predicted octanol–water partition coefficient (Wildman–Crippen LogP) is 4.15. The summed E-state index contributed by atoms with van der Waals surface area (Å²) in [6.07, 6.45) is -0.294. The molecular weight excluding hydrogens is 311 g/mol. The fraction of sp³-hybridized carbons (Fsp3) is 0.533. The van der Waals surface area contributed by atoms with E-state index in [-0.39, 0.29) is 23.4 Å². The predicted molar refractivity (Wildman–Crippen MR) is 77.7 cm³/mol. The number of benzene rings is 1. The summed E-state index contributed by atoms with van der Waals surface area (Å²) >= 11 is 3.23. The van der Waals surface area contributed by atoms with Gasteiger partial charge in [-0.3, -0.25) is 4.79 Å². The fourth-order valence-corrected chi connectivity index (χ4v) is 2.51. The maximum Gasteiger partial charge on any atom is 0.166 e. The standard InChI is InChI=1S/C15H20BrFO2/c1-5-19-14(15(2,3)4)13(18)8-10-6-11(16)9-12(17)7-10/h6-7,9,14H,5,8H2,1-4H3. The highest BCUT2D eigenvalue weighted by atomic mass is 79.9. The van der Waals surface area contributed by atoms with Gasteiger partial charge in [0.15, 0.2) is 5.78 Å². The largest absolute Gasteiger partial charge is 0.370 e. The van der Waals surface area contributed by atoms with Crippen LogP contribution < -0.4 is 0 Å². The Morgan fingerprint density at radius 2 is 2.00 bits per heavy atom. The van der Waals surface area contributed by atoms with Crippen molar-refractivity contribution in [1.82, 2.24) is 0 Å². The summed E-state index contributed by atoms with van der Waals surface area (Å²) in [5.74, 6) is -0.368. The number of hydrogen-bond acceptors (Lipinski definition) is 2. The lowest BCUT2D eigenvalue weighted by atomic mass is 9.84. The molecule has 0 aliphatic rings. The lowest BCUT2D eigenvalue weighted by Crippen LogP contribution is -2.38. The van der Waals surface area contributed by atoms with Crippen molar-refractivity contribution >= 4 is 21.7 Å². The molecule has 4 heteroatoms. The normalized spacial score (nSPS) is 13.4. The smallest absolute Gasteiger partial charge is 0.166 e. The molecule has 0 spiro atoms. The molecule has 0 aliphatic heterocycles. The zero-order valence-corrected chi connectivity index (χ0v) is 13.4. The van der Waals surface area contributed by atoms with Gasteiger partial charge in [-0.05, 0) is 36.1 Å². The third kappa shape index (κ3) is 5.03. The molecule has 0 saturated heterocycles. The number of halogens is 2. The molecule has 1 aromatic rings. The van der Waals surface area contributed by atoms with E-state index < -0.39 is 6.10 Å². The summed E-state index contributed by atoms with van der Waals surface area (Å²) in [6, 6.07) is 4.51. The van der Waals surface area contributed by atoms with Crippen molar-refractivity contribution in [1.29, 1.82) is 0 Å². The number of carbonyl (C=O) groups excluding carboxylic acids is 1. The van der Waals surface area contributed by atoms with Gasteiger partial charge in [0.1, 0.15) is 11.9 Å². The highest BCUT2D eigenvalue weighted by molar-refractivity contribution is 9.10. The van der Waals surface area contributed by atoms with Crippen LogP contribution in [0.5, 0.6) is 0 Å². The van der Waals surface area contributed by atoms with Gasteiger partial charge in [-0.15, -0.1) is 0 Å². The molecule has 0 N–H and O–H groups in total. The topological polar surface area (TPSA) is 26.3 Å². The highest BCUT2D eigenvalue weighted by Gasteiger charge is 2.31. The number of rotatable bonds is 5. The first-order valence-corrected chi connectivity index (χ1v) is 7.12. The van der Waals surface area contributed by atoms with E-state index in [4.69, 9.17) is 4.74 Å². The minimum atomic E-state index is -0.473. The van der Waals surface area contributed by atoms with Crippen LogP contribution in [-0.4, -0.2) is 18.5 Å². The summed E-state index contributed by atoms with van der Waals surface area (Å²) in [5.41, 5.74) is 0.392. The Labute approximate surface area is 122 Å². The van der Waals surface area contributed by atoms with Crippen LogP contribution in [0.1, 0.15) is 33.3 Å². The maximum absolute atomic E-state index is 13.3. The van der Waals surface area contributed by atoms with E-state index in [1.807, 2.05) is 27.7 Å². The second-order valence-corrected chi connectivity index (χ2v) is 6.54. The second-order valence-electron chi connectivity index (χ2n) is 5.62. The van der Waals surface area contributed by atoms with Crippen molar-refractivity contribution in [3.8, 4) is 0 Å². The third-order valence-corrected chi connectivity index (χ3v) is 3.17. The van der Waals surface area contributed by atoms with Gasteiger partial charge < -0.3 is 4.74 Å². The molecule has 0 amide bonds. The molecule has 2 nitrogen and oxygen atoms in total. The Morgan fingerprint density at radius 1 is 1.37 bits per heavy atom. The van der Waals surface area contributed by atoms with E-state index in [1.54, 1.807) is 6.07 Å². The van der Waals surface area contributed by atoms with Gasteiger partial charge in [0.25, 0.3) is 0 Å². The van der Waals surface area contributed by atoms with Crippen LogP contribution in [0.3, 0.4) is 0 Å². The molecule has 1 unspecified atom stereocenters. The van der Waals surface area contributed by atoms with Gasteiger partial charge in [0.05, 0.1) is 0 Å². The Balaban J connectivity index is 2.87. The first-order valence-electron chi connectivity index (χ1n) is 6.33. The maximum atomic E-state index is 13.3. The Kier molecular flexibility index (Phi) is 5.68. The molecule has 1 atom stereocenters. The SMILES string of the molecule is CCOC(C(=O)Cc1cc(F)cc(Br)c1)C(C)(C)C. The van der Waals surface area contributed by atoms with Crippen molar-refractivity contribution in [2.24, 2.45) is 5.41 Å². The van der Waals surface area contributed by atoms with Crippen molar-refractivity contribution in [2.45, 2.75) is 40.2 Å².